The van der Waals surface area contributed by atoms with Crippen LogP contribution in [-0.2, 0) is 4.74 Å². The Kier molecular flexibility index (Phi) is 8.46. The number of rotatable bonds is 9. The summed E-state index contributed by atoms with van der Waals surface area (Å²) in [6.07, 6.45) is 4.15. The van der Waals surface area contributed by atoms with E-state index >= 15 is 0 Å². The number of anilines is 1. The molecule has 0 aliphatic rings. The van der Waals surface area contributed by atoms with E-state index in [1.54, 1.807) is 31.2 Å². The van der Waals surface area contributed by atoms with Gasteiger partial charge in [0, 0.05) is 4.88 Å². The zero-order chi connectivity index (χ0) is 21.4. The molecule has 0 radical (unpaired) electrons. The fourth-order valence-corrected chi connectivity index (χ4v) is 4.00. The topological polar surface area (TPSA) is 64.6 Å². The standard InChI is InChI=1S/C23H29NO4S/c1-6-28-23(26)18-14-20(16(4)11-9-10-15(2)3)29-22(18)24-21(25)17-12-7-8-13-19(17)27-5/h7-8,10,12-14,16H,6,9,11H2,1-5H3,(H,24,25)/t16-/m0/s1. The Morgan fingerprint density at radius 1 is 1.21 bits per heavy atom. The summed E-state index contributed by atoms with van der Waals surface area (Å²) in [5, 5.41) is 3.38. The Morgan fingerprint density at radius 3 is 2.59 bits per heavy atom. The van der Waals surface area contributed by atoms with E-state index in [4.69, 9.17) is 9.47 Å². The number of thiophene rings is 1. The first kappa shape index (κ1) is 22.7. The molecule has 1 heterocycles. The average Bonchev–Trinajstić information content (AvgIpc) is 3.11. The molecule has 0 bridgehead atoms. The molecule has 0 saturated carbocycles. The fraction of sp³-hybridized carbons (Fsp3) is 0.391. The van der Waals surface area contributed by atoms with Gasteiger partial charge in [0.05, 0.1) is 24.8 Å². The number of carbonyl (C=O) groups excluding carboxylic acids is 2. The maximum Gasteiger partial charge on any atom is 0.341 e. The van der Waals surface area contributed by atoms with Crippen LogP contribution < -0.4 is 10.1 Å². The maximum absolute atomic E-state index is 12.8. The molecule has 0 spiro atoms. The van der Waals surface area contributed by atoms with E-state index in [0.717, 1.165) is 17.7 Å². The number of hydrogen-bond acceptors (Lipinski definition) is 5. The minimum atomic E-state index is -0.429. The van der Waals surface area contributed by atoms with E-state index in [0.29, 0.717) is 21.9 Å². The summed E-state index contributed by atoms with van der Waals surface area (Å²) in [6, 6.07) is 8.83. The van der Waals surface area contributed by atoms with Crippen molar-refractivity contribution in [2.75, 3.05) is 19.0 Å². The van der Waals surface area contributed by atoms with Gasteiger partial charge in [-0.1, -0.05) is 30.7 Å². The van der Waals surface area contributed by atoms with Gasteiger partial charge in [0.25, 0.3) is 5.91 Å². The number of esters is 1. The molecule has 1 amide bonds. The van der Waals surface area contributed by atoms with E-state index in [9.17, 15) is 9.59 Å². The lowest BCUT2D eigenvalue weighted by Crippen LogP contribution is -2.15. The molecule has 1 atom stereocenters. The van der Waals surface area contributed by atoms with Gasteiger partial charge in [0.15, 0.2) is 0 Å². The first-order valence-corrected chi connectivity index (χ1v) is 10.6. The van der Waals surface area contributed by atoms with E-state index in [-0.39, 0.29) is 18.4 Å². The van der Waals surface area contributed by atoms with Gasteiger partial charge in [-0.2, -0.15) is 0 Å². The first-order valence-electron chi connectivity index (χ1n) is 9.75. The Labute approximate surface area is 176 Å². The van der Waals surface area contributed by atoms with E-state index in [1.165, 1.54) is 24.0 Å². The van der Waals surface area contributed by atoms with Crippen LogP contribution in [0.25, 0.3) is 0 Å². The van der Waals surface area contributed by atoms with Crippen LogP contribution in [0.5, 0.6) is 5.75 Å². The molecule has 1 N–H and O–H groups in total. The van der Waals surface area contributed by atoms with Crippen LogP contribution in [0, 0.1) is 0 Å². The van der Waals surface area contributed by atoms with Crippen molar-refractivity contribution in [3.8, 4) is 5.75 Å². The molecule has 0 saturated heterocycles. The van der Waals surface area contributed by atoms with Crippen LogP contribution in [0.3, 0.4) is 0 Å². The number of nitrogens with one attached hydrogen (secondary N) is 1. The van der Waals surface area contributed by atoms with Crippen molar-refractivity contribution in [3.63, 3.8) is 0 Å². The molecule has 2 aromatic rings. The van der Waals surface area contributed by atoms with Gasteiger partial charge in [0.2, 0.25) is 0 Å². The van der Waals surface area contributed by atoms with Gasteiger partial charge in [-0.3, -0.25) is 4.79 Å². The van der Waals surface area contributed by atoms with Crippen molar-refractivity contribution in [1.82, 2.24) is 0 Å². The summed E-state index contributed by atoms with van der Waals surface area (Å²) >= 11 is 1.42. The molecular formula is C23H29NO4S. The maximum atomic E-state index is 12.8. The average molecular weight is 416 g/mol. The highest BCUT2D eigenvalue weighted by Gasteiger charge is 2.22. The molecule has 1 aromatic carbocycles. The van der Waals surface area contributed by atoms with Gasteiger partial charge in [-0.15, -0.1) is 11.3 Å². The van der Waals surface area contributed by atoms with Crippen molar-refractivity contribution in [2.24, 2.45) is 0 Å². The smallest absolute Gasteiger partial charge is 0.341 e. The second kappa shape index (κ2) is 10.8. The Morgan fingerprint density at radius 2 is 1.93 bits per heavy atom. The van der Waals surface area contributed by atoms with Crippen molar-refractivity contribution in [1.29, 1.82) is 0 Å². The third-order valence-electron chi connectivity index (χ3n) is 4.46. The van der Waals surface area contributed by atoms with E-state index in [2.05, 4.69) is 32.2 Å². The van der Waals surface area contributed by atoms with E-state index < -0.39 is 5.97 Å². The van der Waals surface area contributed by atoms with Crippen molar-refractivity contribution in [3.05, 3.63) is 58.0 Å². The van der Waals surface area contributed by atoms with Crippen LogP contribution in [0.4, 0.5) is 5.00 Å². The number of benzene rings is 1. The molecule has 29 heavy (non-hydrogen) atoms. The molecule has 0 unspecified atom stereocenters. The van der Waals surface area contributed by atoms with Crippen molar-refractivity contribution < 1.29 is 19.1 Å². The van der Waals surface area contributed by atoms with Gasteiger partial charge in [-0.05, 0) is 57.7 Å². The summed E-state index contributed by atoms with van der Waals surface area (Å²) in [6.45, 7) is 8.34. The zero-order valence-corrected chi connectivity index (χ0v) is 18.5. The lowest BCUT2D eigenvalue weighted by molar-refractivity contribution is 0.0528. The largest absolute Gasteiger partial charge is 0.496 e. The highest BCUT2D eigenvalue weighted by atomic mass is 32.1. The van der Waals surface area contributed by atoms with Crippen molar-refractivity contribution in [2.45, 2.75) is 46.5 Å². The highest BCUT2D eigenvalue weighted by molar-refractivity contribution is 7.16. The quantitative estimate of drug-likeness (QED) is 0.401. The number of methoxy groups -OCH3 is 1. The number of carbonyl (C=O) groups is 2. The highest BCUT2D eigenvalue weighted by Crippen LogP contribution is 2.36. The van der Waals surface area contributed by atoms with Gasteiger partial charge < -0.3 is 14.8 Å². The number of allylic oxidation sites excluding steroid dienone is 2. The molecular weight excluding hydrogens is 386 g/mol. The van der Waals surface area contributed by atoms with Gasteiger partial charge in [0.1, 0.15) is 10.8 Å². The molecule has 1 aromatic heterocycles. The Balaban J connectivity index is 2.28. The SMILES string of the molecule is CCOC(=O)c1cc([C@@H](C)CCC=C(C)C)sc1NC(=O)c1ccccc1OC. The van der Waals surface area contributed by atoms with Crippen LogP contribution >= 0.6 is 11.3 Å². The minimum absolute atomic E-state index is 0.265. The predicted octanol–water partition coefficient (Wildman–Crippen LogP) is 6.04. The third kappa shape index (κ3) is 6.19. The number of hydrogen-bond donors (Lipinski definition) is 1. The number of para-hydroxylation sites is 1. The third-order valence-corrected chi connectivity index (χ3v) is 5.75. The van der Waals surface area contributed by atoms with Crippen LogP contribution in [0.15, 0.2) is 42.0 Å². The summed E-state index contributed by atoms with van der Waals surface area (Å²) in [5.41, 5.74) is 2.10. The first-order chi connectivity index (χ1) is 13.9. The summed E-state index contributed by atoms with van der Waals surface area (Å²) in [4.78, 5) is 26.3. The lowest BCUT2D eigenvalue weighted by Gasteiger charge is -2.09. The second-order valence-electron chi connectivity index (χ2n) is 7.03. The Bertz CT molecular complexity index is 881. The van der Waals surface area contributed by atoms with Crippen LogP contribution in [-0.4, -0.2) is 25.6 Å². The van der Waals surface area contributed by atoms with Gasteiger partial charge >= 0.3 is 5.97 Å². The molecule has 5 nitrogen and oxygen atoms in total. The van der Waals surface area contributed by atoms with E-state index in [1.807, 2.05) is 6.07 Å². The Hall–Kier alpha value is -2.60. The summed E-state index contributed by atoms with van der Waals surface area (Å²) in [5.74, 6) is -0.00402. The van der Waals surface area contributed by atoms with Gasteiger partial charge in [-0.25, -0.2) is 4.79 Å². The second-order valence-corrected chi connectivity index (χ2v) is 8.11. The van der Waals surface area contributed by atoms with Crippen LogP contribution in [0.1, 0.15) is 72.0 Å². The predicted molar refractivity (Wildman–Crippen MR) is 118 cm³/mol. The molecule has 156 valence electrons. The zero-order valence-electron chi connectivity index (χ0n) is 17.7. The fourth-order valence-electron chi connectivity index (χ4n) is 2.87. The normalized spacial score (nSPS) is 11.5. The molecule has 0 fully saturated rings. The molecule has 6 heteroatoms. The number of amides is 1. The molecule has 0 aliphatic carbocycles. The molecule has 0 aliphatic heterocycles. The monoisotopic (exact) mass is 415 g/mol. The lowest BCUT2D eigenvalue weighted by atomic mass is 10.0. The number of ether oxygens (including phenoxy) is 2. The van der Waals surface area contributed by atoms with Crippen molar-refractivity contribution >= 4 is 28.2 Å². The van der Waals surface area contributed by atoms with Crippen LogP contribution in [0.2, 0.25) is 0 Å². The minimum Gasteiger partial charge on any atom is -0.496 e. The summed E-state index contributed by atoms with van der Waals surface area (Å²) < 4.78 is 10.5. The molecule has 2 rings (SSSR count). The summed E-state index contributed by atoms with van der Waals surface area (Å²) in [7, 11) is 1.52.